The Labute approximate surface area is 184 Å². The Morgan fingerprint density at radius 1 is 0.821 bits per heavy atom. The second-order valence-corrected chi connectivity index (χ2v) is 8.59. The molecule has 2 nitrogen and oxygen atoms in total. The van der Waals surface area contributed by atoms with Crippen LogP contribution in [0.2, 0.25) is 0 Å². The summed E-state index contributed by atoms with van der Waals surface area (Å²) in [6, 6.07) is 18.7. The van der Waals surface area contributed by atoms with E-state index in [4.69, 9.17) is 0 Å². The van der Waals surface area contributed by atoms with Gasteiger partial charge in [0.2, 0.25) is 0 Å². The van der Waals surface area contributed by atoms with Crippen LogP contribution in [-0.2, 0) is 19.5 Å². The van der Waals surface area contributed by atoms with Crippen LogP contribution in [0.5, 0.6) is 0 Å². The van der Waals surface area contributed by atoms with Crippen LogP contribution in [0.3, 0.4) is 0 Å². The third-order valence-corrected chi connectivity index (χ3v) is 5.45. The van der Waals surface area contributed by atoms with E-state index in [1.807, 2.05) is 0 Å². The van der Waals surface area contributed by atoms with Gasteiger partial charge in [0.15, 0.2) is 0 Å². The molecule has 2 aromatic carbocycles. The van der Waals surface area contributed by atoms with Gasteiger partial charge in [-0.25, -0.2) is 0 Å². The largest absolute Gasteiger partial charge is 0.349 e. The molecule has 0 bridgehead atoms. The molecular formula is C25H34N2Ru. The molecular weight excluding hydrogens is 429 g/mol. The molecule has 0 fully saturated rings. The number of benzene rings is 2. The molecule has 3 heteroatoms. The summed E-state index contributed by atoms with van der Waals surface area (Å²) in [4.78, 5) is 5.10. The number of aryl methyl sites for hydroxylation is 1. The molecule has 152 valence electrons. The van der Waals surface area contributed by atoms with Gasteiger partial charge in [-0.1, -0.05) is 61.9 Å². The van der Waals surface area contributed by atoms with Gasteiger partial charge in [-0.05, 0) is 57.7 Å². The molecule has 28 heavy (non-hydrogen) atoms. The molecule has 1 aliphatic rings. The van der Waals surface area contributed by atoms with Crippen molar-refractivity contribution in [2.75, 3.05) is 0 Å². The minimum absolute atomic E-state index is 0. The molecule has 2 aromatic rings. The zero-order valence-corrected chi connectivity index (χ0v) is 20.0. The van der Waals surface area contributed by atoms with Gasteiger partial charge >= 0.3 is 0 Å². The maximum Gasteiger partial charge on any atom is 0.128 e. The Morgan fingerprint density at radius 3 is 2.00 bits per heavy atom. The van der Waals surface area contributed by atoms with E-state index in [9.17, 15) is 0 Å². The van der Waals surface area contributed by atoms with E-state index >= 15 is 0 Å². The van der Waals surface area contributed by atoms with E-state index in [2.05, 4.69) is 113 Å². The Kier molecular flexibility index (Phi) is 7.51. The van der Waals surface area contributed by atoms with Gasteiger partial charge in [0, 0.05) is 43.3 Å². The van der Waals surface area contributed by atoms with Crippen molar-refractivity contribution in [3.63, 3.8) is 0 Å². The molecule has 1 heterocycles. The number of hydrogen-bond acceptors (Lipinski definition) is 2. The Bertz CT molecular complexity index is 809. The van der Waals surface area contributed by atoms with Crippen molar-refractivity contribution in [2.45, 2.75) is 72.6 Å². The van der Waals surface area contributed by atoms with Crippen molar-refractivity contribution in [3.8, 4) is 0 Å². The van der Waals surface area contributed by atoms with Crippen molar-refractivity contribution in [3.05, 3.63) is 77.0 Å². The standard InChI is InChI=1S/C25H34N2.Ru/c1-17(2)22-14-13-20(7)15-23(22)24-16-26(18(3)4)25(27(24)19(5)6)21-11-9-8-10-12-21;/h8-19,25H,1-7H3;. The number of hydrogen-bond donors (Lipinski definition) is 0. The van der Waals surface area contributed by atoms with Crippen molar-refractivity contribution in [2.24, 2.45) is 0 Å². The van der Waals surface area contributed by atoms with Gasteiger partial charge in [0.1, 0.15) is 6.17 Å². The van der Waals surface area contributed by atoms with Crippen LogP contribution in [0.1, 0.15) is 75.9 Å². The molecule has 0 aliphatic carbocycles. The topological polar surface area (TPSA) is 6.48 Å². The first-order chi connectivity index (χ1) is 12.8. The molecule has 0 aromatic heterocycles. The smallest absolute Gasteiger partial charge is 0.128 e. The third kappa shape index (κ3) is 4.35. The fourth-order valence-electron chi connectivity index (χ4n) is 4.11. The summed E-state index contributed by atoms with van der Waals surface area (Å²) < 4.78 is 0. The van der Waals surface area contributed by atoms with Crippen LogP contribution in [-0.4, -0.2) is 21.9 Å². The van der Waals surface area contributed by atoms with Gasteiger partial charge < -0.3 is 9.80 Å². The number of rotatable bonds is 5. The summed E-state index contributed by atoms with van der Waals surface area (Å²) >= 11 is 0. The van der Waals surface area contributed by atoms with Crippen molar-refractivity contribution in [1.82, 2.24) is 9.80 Å². The summed E-state index contributed by atoms with van der Waals surface area (Å²) in [5, 5.41) is 0. The van der Waals surface area contributed by atoms with E-state index in [0.29, 0.717) is 18.0 Å². The summed E-state index contributed by atoms with van der Waals surface area (Å²) in [5.41, 5.74) is 6.82. The van der Waals surface area contributed by atoms with E-state index in [0.717, 1.165) is 0 Å². The average Bonchev–Trinajstić information content (AvgIpc) is 3.03. The van der Waals surface area contributed by atoms with Gasteiger partial charge in [-0.2, -0.15) is 0 Å². The second-order valence-electron chi connectivity index (χ2n) is 8.59. The average molecular weight is 464 g/mol. The molecule has 0 saturated carbocycles. The summed E-state index contributed by atoms with van der Waals surface area (Å²) in [6.07, 6.45) is 2.63. The van der Waals surface area contributed by atoms with E-state index in [1.54, 1.807) is 0 Å². The minimum atomic E-state index is 0. The van der Waals surface area contributed by atoms with Gasteiger partial charge in [-0.15, -0.1) is 0 Å². The minimum Gasteiger partial charge on any atom is -0.349 e. The maximum absolute atomic E-state index is 2.59. The predicted molar refractivity (Wildman–Crippen MR) is 116 cm³/mol. The van der Waals surface area contributed by atoms with Crippen LogP contribution >= 0.6 is 0 Å². The quantitative estimate of drug-likeness (QED) is 0.464. The molecule has 1 atom stereocenters. The van der Waals surface area contributed by atoms with E-state index in [-0.39, 0.29) is 25.6 Å². The molecule has 0 saturated heterocycles. The number of nitrogens with zero attached hydrogens (tertiary/aromatic N) is 2. The predicted octanol–water partition coefficient (Wildman–Crippen LogP) is 6.55. The molecule has 1 unspecified atom stereocenters. The Hall–Kier alpha value is -1.60. The molecule has 0 radical (unpaired) electrons. The first-order valence-electron chi connectivity index (χ1n) is 10.2. The van der Waals surface area contributed by atoms with Gasteiger partial charge in [0.05, 0.1) is 5.70 Å². The van der Waals surface area contributed by atoms with Crippen LogP contribution in [0.4, 0.5) is 0 Å². The first-order valence-corrected chi connectivity index (χ1v) is 10.2. The summed E-state index contributed by atoms with van der Waals surface area (Å²) in [7, 11) is 0. The van der Waals surface area contributed by atoms with Gasteiger partial charge in [-0.3, -0.25) is 0 Å². The third-order valence-electron chi connectivity index (χ3n) is 5.45. The Morgan fingerprint density at radius 2 is 1.46 bits per heavy atom. The van der Waals surface area contributed by atoms with Crippen molar-refractivity contribution < 1.29 is 19.5 Å². The zero-order chi connectivity index (χ0) is 19.7. The molecule has 0 spiro atoms. The fraction of sp³-hybridized carbons (Fsp3) is 0.440. The second kappa shape index (κ2) is 9.27. The van der Waals surface area contributed by atoms with Crippen LogP contribution < -0.4 is 0 Å². The molecule has 0 amide bonds. The normalized spacial score (nSPS) is 16.8. The zero-order valence-electron chi connectivity index (χ0n) is 18.3. The van der Waals surface area contributed by atoms with Crippen molar-refractivity contribution in [1.29, 1.82) is 0 Å². The molecule has 3 rings (SSSR count). The fourth-order valence-corrected chi connectivity index (χ4v) is 4.11. The van der Waals surface area contributed by atoms with Crippen LogP contribution in [0.25, 0.3) is 5.70 Å². The SMILES string of the molecule is Cc1ccc(C(C)C)c(C2=CN(C(C)C)C(c3ccccc3)N2C(C)C)c1.[Ru]. The summed E-state index contributed by atoms with van der Waals surface area (Å²) in [5.74, 6) is 0.499. The monoisotopic (exact) mass is 464 g/mol. The summed E-state index contributed by atoms with van der Waals surface area (Å²) in [6.45, 7) is 16.0. The van der Waals surface area contributed by atoms with E-state index in [1.165, 1.54) is 28.0 Å². The van der Waals surface area contributed by atoms with Crippen LogP contribution in [0.15, 0.2) is 54.7 Å². The van der Waals surface area contributed by atoms with Gasteiger partial charge in [0.25, 0.3) is 0 Å². The molecule has 0 N–H and O–H groups in total. The molecule has 1 aliphatic heterocycles. The van der Waals surface area contributed by atoms with Crippen molar-refractivity contribution >= 4 is 5.70 Å². The maximum atomic E-state index is 2.59. The van der Waals surface area contributed by atoms with Crippen LogP contribution in [0, 0.1) is 6.92 Å². The first kappa shape index (κ1) is 22.7. The van der Waals surface area contributed by atoms with E-state index < -0.39 is 0 Å². The Balaban J connectivity index is 0.00000280.